The smallest absolute Gasteiger partial charge is 0.219 e. The number of nitrogens with one attached hydrogen (secondary N) is 1. The fourth-order valence-corrected chi connectivity index (χ4v) is 6.43. The van der Waals surface area contributed by atoms with Crippen LogP contribution in [0, 0.1) is 5.92 Å². The van der Waals surface area contributed by atoms with Crippen molar-refractivity contribution in [1.82, 2.24) is 19.9 Å². The van der Waals surface area contributed by atoms with E-state index in [-0.39, 0.29) is 0 Å². The van der Waals surface area contributed by atoms with Crippen LogP contribution in [-0.2, 0) is 24.2 Å². The Labute approximate surface area is 232 Å². The number of nitrogens with zero attached hydrogens (tertiary/aromatic N) is 5. The zero-order valence-corrected chi connectivity index (χ0v) is 23.5. The van der Waals surface area contributed by atoms with Gasteiger partial charge in [-0.3, -0.25) is 9.97 Å². The van der Waals surface area contributed by atoms with E-state index in [1.807, 2.05) is 18.5 Å². The van der Waals surface area contributed by atoms with E-state index < -0.39 is 0 Å². The zero-order valence-electron chi connectivity index (χ0n) is 23.5. The summed E-state index contributed by atoms with van der Waals surface area (Å²) in [6.07, 6.45) is 11.7. The number of piperidine rings is 1. The van der Waals surface area contributed by atoms with Crippen LogP contribution in [0.4, 0.5) is 11.4 Å². The van der Waals surface area contributed by atoms with E-state index in [0.29, 0.717) is 18.5 Å². The minimum Gasteiger partial charge on any atom is -0.481 e. The van der Waals surface area contributed by atoms with E-state index in [1.165, 1.54) is 55.0 Å². The first kappa shape index (κ1) is 26.3. The Morgan fingerprint density at radius 2 is 1.95 bits per heavy atom. The second-order valence-corrected chi connectivity index (χ2v) is 11.5. The maximum Gasteiger partial charge on any atom is 0.219 e. The number of rotatable bonds is 9. The van der Waals surface area contributed by atoms with Crippen molar-refractivity contribution in [3.05, 3.63) is 47.4 Å². The topological polar surface area (TPSA) is 75.6 Å². The molecule has 3 aromatic heterocycles. The quantitative estimate of drug-likeness (QED) is 0.394. The summed E-state index contributed by atoms with van der Waals surface area (Å²) in [7, 11) is 1.70. The van der Waals surface area contributed by atoms with E-state index >= 15 is 0 Å². The fraction of sp³-hybridized carbons (Fsp3) is 0.581. The summed E-state index contributed by atoms with van der Waals surface area (Å²) in [4.78, 5) is 19.4. The van der Waals surface area contributed by atoms with Crippen LogP contribution < -0.4 is 15.0 Å². The highest BCUT2D eigenvalue weighted by atomic mass is 16.5. The normalized spacial score (nSPS) is 20.4. The van der Waals surface area contributed by atoms with Crippen molar-refractivity contribution >= 4 is 22.4 Å². The summed E-state index contributed by atoms with van der Waals surface area (Å²) in [5.41, 5.74) is 7.80. The molecule has 0 amide bonds. The molecular formula is C31H42N6O2. The molecule has 5 heterocycles. The third-order valence-corrected chi connectivity index (χ3v) is 8.64. The van der Waals surface area contributed by atoms with Crippen LogP contribution in [0.5, 0.6) is 5.88 Å². The van der Waals surface area contributed by atoms with Crippen LogP contribution in [0.25, 0.3) is 11.0 Å². The molecule has 3 aromatic rings. The maximum absolute atomic E-state index is 6.11. The Bertz CT molecular complexity index is 1260. The van der Waals surface area contributed by atoms with Gasteiger partial charge < -0.3 is 24.6 Å². The van der Waals surface area contributed by atoms with E-state index in [4.69, 9.17) is 19.4 Å². The number of anilines is 2. The Morgan fingerprint density at radius 3 is 2.72 bits per heavy atom. The molecule has 2 aliphatic heterocycles. The summed E-state index contributed by atoms with van der Waals surface area (Å²) >= 11 is 0. The molecule has 3 aliphatic rings. The third kappa shape index (κ3) is 5.97. The van der Waals surface area contributed by atoms with Crippen molar-refractivity contribution in [3.8, 4) is 5.88 Å². The monoisotopic (exact) mass is 530 g/mol. The lowest BCUT2D eigenvalue weighted by Crippen LogP contribution is -2.39. The zero-order chi connectivity index (χ0) is 26.6. The van der Waals surface area contributed by atoms with Crippen LogP contribution >= 0.6 is 0 Å². The minimum atomic E-state index is 0.402. The number of methoxy groups -OCH3 is 1. The molecule has 1 aliphatic carbocycles. The lowest BCUT2D eigenvalue weighted by molar-refractivity contribution is 0.0967. The first-order valence-electron chi connectivity index (χ1n) is 14.8. The standard InChI is InChI=1S/C31H42N6O2/c1-22-9-13-36(20-22)16-17-39-21-23-18-28-30(35-31(23)38-2)29(26-7-3-4-8-27(26)34-28)33-24-10-14-37(15-11-24)25-6-5-12-32-19-25/h5-6,12,18-19,22,24H,3-4,7-11,13-17,20-21H2,1-2H3,(H,33,34). The molecule has 208 valence electrons. The van der Waals surface area contributed by atoms with Gasteiger partial charge >= 0.3 is 0 Å². The molecule has 8 nitrogen and oxygen atoms in total. The molecule has 1 atom stereocenters. The van der Waals surface area contributed by atoms with Crippen molar-refractivity contribution in [2.45, 2.75) is 64.5 Å². The molecule has 0 saturated carbocycles. The van der Waals surface area contributed by atoms with Gasteiger partial charge in [0.1, 0.15) is 5.52 Å². The number of likely N-dealkylation sites (tertiary alicyclic amines) is 1. The summed E-state index contributed by atoms with van der Waals surface area (Å²) in [6, 6.07) is 6.71. The molecule has 0 radical (unpaired) electrons. The van der Waals surface area contributed by atoms with Crippen molar-refractivity contribution in [3.63, 3.8) is 0 Å². The van der Waals surface area contributed by atoms with Crippen LogP contribution in [0.2, 0.25) is 0 Å². The molecule has 2 saturated heterocycles. The SMILES string of the molecule is COc1nc2c(NC3CCN(c4cccnc4)CC3)c3c(nc2cc1COCCN1CCC(C)C1)CCCC3. The van der Waals surface area contributed by atoms with Crippen molar-refractivity contribution < 1.29 is 9.47 Å². The number of pyridine rings is 3. The van der Waals surface area contributed by atoms with Gasteiger partial charge in [-0.2, -0.15) is 0 Å². The van der Waals surface area contributed by atoms with E-state index in [0.717, 1.165) is 74.4 Å². The van der Waals surface area contributed by atoms with Gasteiger partial charge in [-0.25, -0.2) is 4.98 Å². The Hall–Kier alpha value is -2.97. The lowest BCUT2D eigenvalue weighted by Gasteiger charge is -2.35. The van der Waals surface area contributed by atoms with Crippen LogP contribution in [0.3, 0.4) is 0 Å². The molecule has 0 bridgehead atoms. The molecule has 2 fully saturated rings. The maximum atomic E-state index is 6.11. The Morgan fingerprint density at radius 1 is 1.08 bits per heavy atom. The fourth-order valence-electron chi connectivity index (χ4n) is 6.43. The lowest BCUT2D eigenvalue weighted by atomic mass is 9.92. The Kier molecular flexibility index (Phi) is 8.11. The molecule has 8 heteroatoms. The van der Waals surface area contributed by atoms with Crippen LogP contribution in [-0.4, -0.2) is 72.3 Å². The highest BCUT2D eigenvalue weighted by Crippen LogP contribution is 2.36. The van der Waals surface area contributed by atoms with Gasteiger partial charge in [0.15, 0.2) is 0 Å². The second kappa shape index (κ2) is 12.0. The second-order valence-electron chi connectivity index (χ2n) is 11.5. The predicted octanol–water partition coefficient (Wildman–Crippen LogP) is 4.85. The highest BCUT2D eigenvalue weighted by molar-refractivity contribution is 5.91. The predicted molar refractivity (Wildman–Crippen MR) is 156 cm³/mol. The third-order valence-electron chi connectivity index (χ3n) is 8.64. The van der Waals surface area contributed by atoms with Crippen molar-refractivity contribution in [2.75, 3.05) is 56.7 Å². The molecule has 39 heavy (non-hydrogen) atoms. The molecule has 1 N–H and O–H groups in total. The highest BCUT2D eigenvalue weighted by Gasteiger charge is 2.25. The Balaban J connectivity index is 1.20. The number of ether oxygens (including phenoxy) is 2. The van der Waals surface area contributed by atoms with Crippen molar-refractivity contribution in [1.29, 1.82) is 0 Å². The summed E-state index contributed by atoms with van der Waals surface area (Å²) in [5.74, 6) is 1.44. The largest absolute Gasteiger partial charge is 0.481 e. The molecule has 1 unspecified atom stereocenters. The van der Waals surface area contributed by atoms with Gasteiger partial charge in [-0.1, -0.05) is 6.92 Å². The van der Waals surface area contributed by atoms with Gasteiger partial charge in [-0.15, -0.1) is 0 Å². The number of aromatic nitrogens is 3. The summed E-state index contributed by atoms with van der Waals surface area (Å²) in [6.45, 7) is 8.90. The summed E-state index contributed by atoms with van der Waals surface area (Å²) in [5, 5.41) is 3.94. The molecule has 0 spiro atoms. The molecule has 0 aromatic carbocycles. The number of hydrogen-bond acceptors (Lipinski definition) is 8. The minimum absolute atomic E-state index is 0.402. The molecule has 6 rings (SSSR count). The first-order chi connectivity index (χ1) is 19.2. The molecular weight excluding hydrogens is 488 g/mol. The van der Waals surface area contributed by atoms with Gasteiger partial charge in [0, 0.05) is 49.7 Å². The van der Waals surface area contributed by atoms with E-state index in [1.54, 1.807) is 7.11 Å². The number of fused-ring (bicyclic) bond motifs is 2. The number of aryl methyl sites for hydroxylation is 1. The van der Waals surface area contributed by atoms with Gasteiger partial charge in [0.25, 0.3) is 0 Å². The number of hydrogen-bond donors (Lipinski definition) is 1. The van der Waals surface area contributed by atoms with Gasteiger partial charge in [0.05, 0.1) is 43.4 Å². The van der Waals surface area contributed by atoms with Gasteiger partial charge in [-0.05, 0) is 81.2 Å². The van der Waals surface area contributed by atoms with Gasteiger partial charge in [0.2, 0.25) is 5.88 Å². The van der Waals surface area contributed by atoms with E-state index in [9.17, 15) is 0 Å². The van der Waals surface area contributed by atoms with Crippen LogP contribution in [0.1, 0.15) is 55.8 Å². The average Bonchev–Trinajstić information content (AvgIpc) is 3.40. The average molecular weight is 531 g/mol. The first-order valence-corrected chi connectivity index (χ1v) is 14.8. The summed E-state index contributed by atoms with van der Waals surface area (Å²) < 4.78 is 11.9. The van der Waals surface area contributed by atoms with E-state index in [2.05, 4.69) is 39.2 Å². The van der Waals surface area contributed by atoms with Crippen molar-refractivity contribution in [2.24, 2.45) is 5.92 Å². The van der Waals surface area contributed by atoms with Crippen LogP contribution in [0.15, 0.2) is 30.6 Å².